The number of hydrogen-bond acceptors (Lipinski definition) is 7. The fourth-order valence-corrected chi connectivity index (χ4v) is 5.17. The smallest absolute Gasteiger partial charge is 0.151 e. The molecule has 192 valence electrons. The third-order valence-electron chi connectivity index (χ3n) is 7.04. The molecule has 38 heavy (non-hydrogen) atoms. The summed E-state index contributed by atoms with van der Waals surface area (Å²) in [5.41, 5.74) is 12.3. The van der Waals surface area contributed by atoms with Gasteiger partial charge in [0.1, 0.15) is 41.5 Å². The van der Waals surface area contributed by atoms with E-state index in [1.54, 1.807) is 18.7 Å². The van der Waals surface area contributed by atoms with Crippen molar-refractivity contribution in [3.05, 3.63) is 89.9 Å². The number of nitrogen functional groups attached to an aromatic ring is 1. The molecule has 0 atom stereocenters. The number of nitrogens with two attached hydrogens (primary N) is 1. The van der Waals surface area contributed by atoms with Crippen LogP contribution in [-0.4, -0.2) is 24.5 Å². The van der Waals surface area contributed by atoms with E-state index in [0.29, 0.717) is 24.1 Å². The van der Waals surface area contributed by atoms with Crippen LogP contribution >= 0.6 is 0 Å². The summed E-state index contributed by atoms with van der Waals surface area (Å²) < 4.78 is 14.3. The summed E-state index contributed by atoms with van der Waals surface area (Å²) in [5.74, 6) is 3.92. The first-order valence-electron chi connectivity index (χ1n) is 13.0. The standard InChI is InChI=1S/C30H30N6O2/c1-19-11-25(37-17-21-14-32-20(2)33-15-21)13-26(12-19)38-24-9-7-23(8-10-24)36-16-27(22-5-3-4-6-22)28-29(36)30(31)35-18-34-28/h7-16,18,22H,3-6,17H2,1-2H3,(H2,31,34,35). The molecule has 0 radical (unpaired) electrons. The van der Waals surface area contributed by atoms with E-state index in [9.17, 15) is 0 Å². The summed E-state index contributed by atoms with van der Waals surface area (Å²) in [5, 5.41) is 0. The molecule has 2 N–H and O–H groups in total. The van der Waals surface area contributed by atoms with Crippen LogP contribution in [-0.2, 0) is 6.61 Å². The first-order chi connectivity index (χ1) is 18.5. The third kappa shape index (κ3) is 4.89. The largest absolute Gasteiger partial charge is 0.489 e. The monoisotopic (exact) mass is 506 g/mol. The van der Waals surface area contributed by atoms with Gasteiger partial charge in [-0.1, -0.05) is 12.8 Å². The number of benzene rings is 2. The van der Waals surface area contributed by atoms with Crippen molar-refractivity contribution in [3.63, 3.8) is 0 Å². The van der Waals surface area contributed by atoms with E-state index in [1.807, 2.05) is 56.3 Å². The second kappa shape index (κ2) is 10.1. The molecule has 1 aliphatic carbocycles. The lowest BCUT2D eigenvalue weighted by Gasteiger charge is -2.12. The van der Waals surface area contributed by atoms with Gasteiger partial charge in [0.15, 0.2) is 5.82 Å². The highest BCUT2D eigenvalue weighted by Crippen LogP contribution is 2.39. The van der Waals surface area contributed by atoms with Gasteiger partial charge in [0.05, 0.1) is 5.52 Å². The van der Waals surface area contributed by atoms with Crippen LogP contribution in [0.1, 0.15) is 54.1 Å². The maximum absolute atomic E-state index is 6.32. The van der Waals surface area contributed by atoms with E-state index in [0.717, 1.165) is 45.2 Å². The molecule has 0 aliphatic heterocycles. The Hall–Kier alpha value is -4.46. The molecular weight excluding hydrogens is 476 g/mol. The molecule has 0 amide bonds. The predicted octanol–water partition coefficient (Wildman–Crippen LogP) is 6.44. The average molecular weight is 507 g/mol. The molecule has 3 aromatic heterocycles. The number of anilines is 1. The van der Waals surface area contributed by atoms with Gasteiger partial charge in [-0.25, -0.2) is 19.9 Å². The Balaban J connectivity index is 1.22. The third-order valence-corrected chi connectivity index (χ3v) is 7.04. The van der Waals surface area contributed by atoms with E-state index in [2.05, 4.69) is 30.7 Å². The van der Waals surface area contributed by atoms with Crippen LogP contribution in [0.15, 0.2) is 67.4 Å². The predicted molar refractivity (Wildman–Crippen MR) is 147 cm³/mol. The number of hydrogen-bond donors (Lipinski definition) is 1. The molecule has 0 bridgehead atoms. The molecule has 0 saturated heterocycles. The van der Waals surface area contributed by atoms with Gasteiger partial charge < -0.3 is 19.8 Å². The van der Waals surface area contributed by atoms with Gasteiger partial charge in [-0.2, -0.15) is 0 Å². The van der Waals surface area contributed by atoms with Crippen LogP contribution in [0.2, 0.25) is 0 Å². The Bertz CT molecular complexity index is 1570. The average Bonchev–Trinajstić information content (AvgIpc) is 3.58. The topological polar surface area (TPSA) is 101 Å². The molecule has 0 spiro atoms. The zero-order valence-electron chi connectivity index (χ0n) is 21.6. The van der Waals surface area contributed by atoms with Gasteiger partial charge >= 0.3 is 0 Å². The minimum Gasteiger partial charge on any atom is -0.489 e. The summed E-state index contributed by atoms with van der Waals surface area (Å²) in [4.78, 5) is 17.3. The number of fused-ring (bicyclic) bond motifs is 1. The highest BCUT2D eigenvalue weighted by Gasteiger charge is 2.24. The number of rotatable bonds is 7. The molecule has 0 unspecified atom stereocenters. The Labute approximate surface area is 221 Å². The van der Waals surface area contributed by atoms with Crippen molar-refractivity contribution < 1.29 is 9.47 Å². The highest BCUT2D eigenvalue weighted by molar-refractivity contribution is 5.90. The molecule has 1 fully saturated rings. The second-order valence-electron chi connectivity index (χ2n) is 9.90. The van der Waals surface area contributed by atoms with E-state index >= 15 is 0 Å². The lowest BCUT2D eigenvalue weighted by atomic mass is 10.00. The number of nitrogens with zero attached hydrogens (tertiary/aromatic N) is 5. The first-order valence-corrected chi connectivity index (χ1v) is 13.0. The highest BCUT2D eigenvalue weighted by atomic mass is 16.5. The van der Waals surface area contributed by atoms with Gasteiger partial charge in [0, 0.05) is 35.9 Å². The first kappa shape index (κ1) is 23.9. The molecule has 1 aliphatic rings. The summed E-state index contributed by atoms with van der Waals surface area (Å²) in [6, 6.07) is 13.8. The minimum atomic E-state index is 0.387. The molecule has 5 aromatic rings. The lowest BCUT2D eigenvalue weighted by molar-refractivity contribution is 0.303. The van der Waals surface area contributed by atoms with Crippen molar-refractivity contribution in [2.45, 2.75) is 52.1 Å². The fourth-order valence-electron chi connectivity index (χ4n) is 5.17. The zero-order valence-corrected chi connectivity index (χ0v) is 21.6. The molecule has 3 heterocycles. The fraction of sp³-hybridized carbons (Fsp3) is 0.267. The van der Waals surface area contributed by atoms with E-state index in [-0.39, 0.29) is 0 Å². The molecular formula is C30H30N6O2. The van der Waals surface area contributed by atoms with E-state index < -0.39 is 0 Å². The number of aromatic nitrogens is 5. The Morgan fingerprint density at radius 1 is 0.895 bits per heavy atom. The lowest BCUT2D eigenvalue weighted by Crippen LogP contribution is -1.99. The SMILES string of the molecule is Cc1cc(OCc2cnc(C)nc2)cc(Oc2ccc(-n3cc(C4CCCC4)c4ncnc(N)c43)cc2)c1. The summed E-state index contributed by atoms with van der Waals surface area (Å²) in [7, 11) is 0. The Morgan fingerprint density at radius 2 is 1.63 bits per heavy atom. The molecule has 6 rings (SSSR count). The van der Waals surface area contributed by atoms with Crippen molar-refractivity contribution >= 4 is 16.9 Å². The van der Waals surface area contributed by atoms with Gasteiger partial charge in [-0.15, -0.1) is 0 Å². The van der Waals surface area contributed by atoms with Crippen LogP contribution in [0, 0.1) is 13.8 Å². The van der Waals surface area contributed by atoms with Crippen molar-refractivity contribution in [1.82, 2.24) is 24.5 Å². The van der Waals surface area contributed by atoms with Crippen LogP contribution in [0.5, 0.6) is 17.2 Å². The van der Waals surface area contributed by atoms with E-state index in [1.165, 1.54) is 31.2 Å². The van der Waals surface area contributed by atoms with E-state index in [4.69, 9.17) is 15.2 Å². The van der Waals surface area contributed by atoms with Crippen LogP contribution in [0.4, 0.5) is 5.82 Å². The zero-order chi connectivity index (χ0) is 26.1. The van der Waals surface area contributed by atoms with Crippen molar-refractivity contribution in [2.75, 3.05) is 5.73 Å². The Kier molecular flexibility index (Phi) is 6.37. The maximum Gasteiger partial charge on any atom is 0.151 e. The van der Waals surface area contributed by atoms with Crippen molar-refractivity contribution in [3.8, 4) is 22.9 Å². The van der Waals surface area contributed by atoms with Gasteiger partial charge in [0.25, 0.3) is 0 Å². The summed E-state index contributed by atoms with van der Waals surface area (Å²) in [6.07, 6.45) is 12.2. The summed E-state index contributed by atoms with van der Waals surface area (Å²) >= 11 is 0. The Morgan fingerprint density at radius 3 is 2.39 bits per heavy atom. The number of ether oxygens (including phenoxy) is 2. The van der Waals surface area contributed by atoms with Crippen molar-refractivity contribution in [1.29, 1.82) is 0 Å². The molecule has 1 saturated carbocycles. The van der Waals surface area contributed by atoms with Crippen LogP contribution in [0.25, 0.3) is 16.7 Å². The van der Waals surface area contributed by atoms with Gasteiger partial charge in [-0.3, -0.25) is 0 Å². The van der Waals surface area contributed by atoms with Crippen LogP contribution < -0.4 is 15.2 Å². The molecule has 8 nitrogen and oxygen atoms in total. The molecule has 2 aromatic carbocycles. The summed E-state index contributed by atoms with van der Waals surface area (Å²) in [6.45, 7) is 4.27. The maximum atomic E-state index is 6.32. The normalized spacial score (nSPS) is 13.7. The van der Waals surface area contributed by atoms with Gasteiger partial charge in [0.2, 0.25) is 0 Å². The quantitative estimate of drug-likeness (QED) is 0.271. The second-order valence-corrected chi connectivity index (χ2v) is 9.90. The van der Waals surface area contributed by atoms with Crippen molar-refractivity contribution in [2.24, 2.45) is 0 Å². The van der Waals surface area contributed by atoms with Gasteiger partial charge in [-0.05, 0) is 80.1 Å². The van der Waals surface area contributed by atoms with Crippen LogP contribution in [0.3, 0.4) is 0 Å². The minimum absolute atomic E-state index is 0.387. The number of aryl methyl sites for hydroxylation is 2. The molecule has 8 heteroatoms.